The van der Waals surface area contributed by atoms with Crippen molar-refractivity contribution in [1.29, 1.82) is 0 Å². The van der Waals surface area contributed by atoms with Crippen molar-refractivity contribution in [3.05, 3.63) is 0 Å². The van der Waals surface area contributed by atoms with Crippen LogP contribution in [0.5, 0.6) is 0 Å². The molecule has 94 valence electrons. The number of nitrogens with zero attached hydrogens (tertiary/aromatic N) is 1. The Morgan fingerprint density at radius 2 is 2.00 bits per heavy atom. The van der Waals surface area contributed by atoms with Crippen molar-refractivity contribution in [3.8, 4) is 0 Å². The lowest BCUT2D eigenvalue weighted by molar-refractivity contribution is -0.153. The third-order valence-corrected chi connectivity index (χ3v) is 3.53. The highest BCUT2D eigenvalue weighted by molar-refractivity contribution is 5.88. The van der Waals surface area contributed by atoms with Gasteiger partial charge < -0.3 is 14.4 Å². The molecule has 0 aromatic rings. The molecule has 2 aliphatic rings. The summed E-state index contributed by atoms with van der Waals surface area (Å²) in [4.78, 5) is 35.9. The Kier molecular flexibility index (Phi) is 3.45. The summed E-state index contributed by atoms with van der Waals surface area (Å²) in [7, 11) is 1.33. The Morgan fingerprint density at radius 3 is 2.53 bits per heavy atom. The predicted octanol–water partition coefficient (Wildman–Crippen LogP) is 0.518. The summed E-state index contributed by atoms with van der Waals surface area (Å²) in [6.45, 7) is 0. The maximum atomic E-state index is 12.1. The number of carbonyl (C=O) groups is 3. The molecule has 1 saturated carbocycles. The molecule has 1 heterocycles. The summed E-state index contributed by atoms with van der Waals surface area (Å²) in [5.41, 5.74) is 0. The van der Waals surface area contributed by atoms with Crippen LogP contribution >= 0.6 is 0 Å². The van der Waals surface area contributed by atoms with Gasteiger partial charge in [-0.1, -0.05) is 0 Å². The van der Waals surface area contributed by atoms with Crippen LogP contribution in [-0.2, 0) is 19.1 Å². The van der Waals surface area contributed by atoms with Crippen molar-refractivity contribution in [2.45, 2.75) is 44.2 Å². The Labute approximate surface area is 100 Å². The molecule has 1 amide bonds. The Morgan fingerprint density at radius 1 is 1.29 bits per heavy atom. The molecule has 0 aromatic heterocycles. The highest BCUT2D eigenvalue weighted by Gasteiger charge is 2.45. The van der Waals surface area contributed by atoms with E-state index in [0.717, 1.165) is 19.1 Å². The smallest absolute Gasteiger partial charge is 0.328 e. The van der Waals surface area contributed by atoms with Crippen molar-refractivity contribution >= 4 is 18.2 Å². The first-order chi connectivity index (χ1) is 8.19. The molecule has 5 heteroatoms. The number of hydrogen-bond donors (Lipinski definition) is 0. The molecule has 1 aliphatic carbocycles. The van der Waals surface area contributed by atoms with Gasteiger partial charge in [0.25, 0.3) is 0 Å². The first-order valence-electron chi connectivity index (χ1n) is 6.02. The van der Waals surface area contributed by atoms with Gasteiger partial charge in [0.1, 0.15) is 12.3 Å². The van der Waals surface area contributed by atoms with Crippen molar-refractivity contribution in [3.63, 3.8) is 0 Å². The van der Waals surface area contributed by atoms with Gasteiger partial charge in [0, 0.05) is 18.4 Å². The second kappa shape index (κ2) is 4.85. The van der Waals surface area contributed by atoms with E-state index in [1.165, 1.54) is 7.11 Å². The number of aldehydes is 1. The summed E-state index contributed by atoms with van der Waals surface area (Å²) in [6.07, 6.45) is 4.23. The fourth-order valence-corrected chi connectivity index (χ4v) is 2.47. The van der Waals surface area contributed by atoms with Gasteiger partial charge >= 0.3 is 5.97 Å². The lowest BCUT2D eigenvalue weighted by Gasteiger charge is -2.28. The third kappa shape index (κ3) is 2.33. The SMILES string of the molecule is COC(=O)C1CCC(CC=O)N1C(=O)C1CC1. The molecule has 0 radical (unpaired) electrons. The van der Waals surface area contributed by atoms with Crippen LogP contribution in [0.25, 0.3) is 0 Å². The summed E-state index contributed by atoms with van der Waals surface area (Å²) < 4.78 is 4.72. The maximum absolute atomic E-state index is 12.1. The van der Waals surface area contributed by atoms with Gasteiger partial charge in [-0.15, -0.1) is 0 Å². The summed E-state index contributed by atoms with van der Waals surface area (Å²) >= 11 is 0. The van der Waals surface area contributed by atoms with E-state index >= 15 is 0 Å². The van der Waals surface area contributed by atoms with E-state index in [1.54, 1.807) is 4.90 Å². The first-order valence-corrected chi connectivity index (χ1v) is 6.02. The van der Waals surface area contributed by atoms with E-state index in [1.807, 2.05) is 0 Å². The monoisotopic (exact) mass is 239 g/mol. The van der Waals surface area contributed by atoms with Crippen LogP contribution in [0, 0.1) is 5.92 Å². The number of esters is 1. The standard InChI is InChI=1S/C12H17NO4/c1-17-12(16)10-5-4-9(6-7-14)13(10)11(15)8-2-3-8/h7-10H,2-6H2,1H3. The molecule has 1 saturated heterocycles. The highest BCUT2D eigenvalue weighted by Crippen LogP contribution is 2.36. The average molecular weight is 239 g/mol. The van der Waals surface area contributed by atoms with E-state index in [4.69, 9.17) is 4.74 Å². The van der Waals surface area contributed by atoms with Crippen LogP contribution in [0.4, 0.5) is 0 Å². The molecule has 0 bridgehead atoms. The van der Waals surface area contributed by atoms with E-state index in [9.17, 15) is 14.4 Å². The topological polar surface area (TPSA) is 63.7 Å². The lowest BCUT2D eigenvalue weighted by Crippen LogP contribution is -2.46. The van der Waals surface area contributed by atoms with Crippen LogP contribution in [0.2, 0.25) is 0 Å². The number of rotatable bonds is 4. The Balaban J connectivity index is 2.13. The second-order valence-corrected chi connectivity index (χ2v) is 4.69. The minimum atomic E-state index is -0.488. The number of amides is 1. The first kappa shape index (κ1) is 12.1. The van der Waals surface area contributed by atoms with Gasteiger partial charge in [-0.3, -0.25) is 4.79 Å². The average Bonchev–Trinajstić information content (AvgIpc) is 3.10. The van der Waals surface area contributed by atoms with Gasteiger partial charge in [-0.25, -0.2) is 4.79 Å². The molecule has 5 nitrogen and oxygen atoms in total. The molecule has 2 fully saturated rings. The molecule has 2 rings (SSSR count). The van der Waals surface area contributed by atoms with Gasteiger partial charge in [-0.05, 0) is 25.7 Å². The van der Waals surface area contributed by atoms with Crippen LogP contribution in [0.1, 0.15) is 32.1 Å². The second-order valence-electron chi connectivity index (χ2n) is 4.69. The van der Waals surface area contributed by atoms with Crippen LogP contribution < -0.4 is 0 Å². The quantitative estimate of drug-likeness (QED) is 0.530. The summed E-state index contributed by atoms with van der Waals surface area (Å²) in [5.74, 6) is -0.286. The molecule has 17 heavy (non-hydrogen) atoms. The van der Waals surface area contributed by atoms with Gasteiger partial charge in [0.05, 0.1) is 7.11 Å². The number of methoxy groups -OCH3 is 1. The van der Waals surface area contributed by atoms with Crippen LogP contribution in [0.15, 0.2) is 0 Å². The van der Waals surface area contributed by atoms with E-state index in [2.05, 4.69) is 0 Å². The zero-order valence-corrected chi connectivity index (χ0v) is 9.93. The molecule has 1 aliphatic heterocycles. The fourth-order valence-electron chi connectivity index (χ4n) is 2.47. The molecule has 0 aromatic carbocycles. The van der Waals surface area contributed by atoms with Crippen molar-refractivity contribution in [2.24, 2.45) is 5.92 Å². The third-order valence-electron chi connectivity index (χ3n) is 3.53. The van der Waals surface area contributed by atoms with E-state index in [-0.39, 0.29) is 23.8 Å². The van der Waals surface area contributed by atoms with Crippen molar-refractivity contribution in [1.82, 2.24) is 4.90 Å². The fraction of sp³-hybridized carbons (Fsp3) is 0.750. The molecular formula is C12H17NO4. The number of ether oxygens (including phenoxy) is 1. The summed E-state index contributed by atoms with van der Waals surface area (Å²) in [5, 5.41) is 0. The van der Waals surface area contributed by atoms with Gasteiger partial charge in [0.15, 0.2) is 0 Å². The van der Waals surface area contributed by atoms with E-state index < -0.39 is 6.04 Å². The van der Waals surface area contributed by atoms with Crippen LogP contribution in [0.3, 0.4) is 0 Å². The van der Waals surface area contributed by atoms with Crippen molar-refractivity contribution in [2.75, 3.05) is 7.11 Å². The van der Waals surface area contributed by atoms with Crippen LogP contribution in [-0.4, -0.2) is 42.3 Å². The maximum Gasteiger partial charge on any atom is 0.328 e. The minimum absolute atomic E-state index is 0.0183. The summed E-state index contributed by atoms with van der Waals surface area (Å²) in [6, 6.07) is -0.609. The largest absolute Gasteiger partial charge is 0.467 e. The molecule has 2 atom stereocenters. The lowest BCUT2D eigenvalue weighted by atomic mass is 10.1. The van der Waals surface area contributed by atoms with Gasteiger partial charge in [0.2, 0.25) is 5.91 Å². The molecule has 2 unspecified atom stereocenters. The predicted molar refractivity (Wildman–Crippen MR) is 59.1 cm³/mol. The minimum Gasteiger partial charge on any atom is -0.467 e. The normalized spacial score (nSPS) is 27.9. The molecule has 0 spiro atoms. The number of likely N-dealkylation sites (tertiary alicyclic amines) is 1. The molecule has 0 N–H and O–H groups in total. The highest BCUT2D eigenvalue weighted by atomic mass is 16.5. The van der Waals surface area contributed by atoms with E-state index in [0.29, 0.717) is 19.3 Å². The van der Waals surface area contributed by atoms with Crippen molar-refractivity contribution < 1.29 is 19.1 Å². The zero-order valence-electron chi connectivity index (χ0n) is 9.93. The number of carbonyl (C=O) groups excluding carboxylic acids is 3. The molecular weight excluding hydrogens is 222 g/mol. The number of hydrogen-bond acceptors (Lipinski definition) is 4. The zero-order chi connectivity index (χ0) is 12.4. The van der Waals surface area contributed by atoms with Gasteiger partial charge in [-0.2, -0.15) is 0 Å². The Bertz CT molecular complexity index is 337. The Hall–Kier alpha value is -1.39.